The third-order valence-corrected chi connectivity index (χ3v) is 13.0. The first kappa shape index (κ1) is 38.7. The fraction of sp³-hybridized carbons (Fsp3) is 0.226. The van der Waals surface area contributed by atoms with Crippen LogP contribution in [0, 0.1) is 30.3 Å². The van der Waals surface area contributed by atoms with E-state index in [4.69, 9.17) is 20.7 Å². The molecule has 1 radical (unpaired) electrons. The van der Waals surface area contributed by atoms with E-state index in [1.54, 1.807) is 30.3 Å². The maximum absolute atomic E-state index is 9.51. The largest absolute Gasteiger partial charge is 0.501 e. The first-order valence-corrected chi connectivity index (χ1v) is 23.3. The second-order valence-electron chi connectivity index (χ2n) is 19.3. The topological polar surface area (TPSA) is 93.7 Å². The third kappa shape index (κ3) is 8.11. The Kier molecular flexibility index (Phi) is 10.1. The Morgan fingerprint density at radius 2 is 1.51 bits per heavy atom. The van der Waals surface area contributed by atoms with Crippen molar-refractivity contribution >= 4 is 54.9 Å². The first-order valence-electron chi connectivity index (χ1n) is 26.8. The third-order valence-electron chi connectivity index (χ3n) is 13.0. The van der Waals surface area contributed by atoms with Crippen LogP contribution < -0.4 is 0 Å². The summed E-state index contributed by atoms with van der Waals surface area (Å²) in [4.78, 5) is 14.1. The maximum atomic E-state index is 9.51. The Morgan fingerprint density at radius 1 is 0.771 bits per heavy atom. The molecule has 1 aliphatic rings. The van der Waals surface area contributed by atoms with Crippen LogP contribution in [0.2, 0.25) is 0 Å². The molecule has 0 aliphatic heterocycles. The van der Waals surface area contributed by atoms with Crippen molar-refractivity contribution in [3.63, 3.8) is 0 Å². The fourth-order valence-corrected chi connectivity index (χ4v) is 9.49. The molecule has 4 heterocycles. The van der Waals surface area contributed by atoms with Gasteiger partial charge < -0.3 is 13.4 Å². The number of aromatic nitrogens is 4. The molecule has 70 heavy (non-hydrogen) atoms. The molecule has 0 fully saturated rings. The molecule has 11 aromatic rings. The van der Waals surface area contributed by atoms with Gasteiger partial charge in [-0.25, -0.2) is 0 Å². The van der Waals surface area contributed by atoms with Crippen molar-refractivity contribution in [2.45, 2.75) is 91.7 Å². The minimum absolute atomic E-state index is 0. The van der Waals surface area contributed by atoms with Crippen molar-refractivity contribution in [1.82, 2.24) is 19.5 Å². The van der Waals surface area contributed by atoms with E-state index >= 15 is 0 Å². The molecule has 0 saturated carbocycles. The fourth-order valence-electron chi connectivity index (χ4n) is 9.49. The zero-order valence-electron chi connectivity index (χ0n) is 46.9. The Hall–Kier alpha value is -7.17. The number of fused-ring (bicyclic) bond motifs is 9. The number of hydrogen-bond donors (Lipinski definition) is 0. The molecule has 0 bridgehead atoms. The van der Waals surface area contributed by atoms with Gasteiger partial charge in [0.2, 0.25) is 0 Å². The van der Waals surface area contributed by atoms with Crippen LogP contribution in [-0.4, -0.2) is 19.5 Å². The molecule has 12 rings (SSSR count). The van der Waals surface area contributed by atoms with E-state index in [0.29, 0.717) is 55.5 Å². The van der Waals surface area contributed by atoms with Gasteiger partial charge in [0.15, 0.2) is 0 Å². The summed E-state index contributed by atoms with van der Waals surface area (Å²) in [5.41, 5.74) is 10.8. The van der Waals surface area contributed by atoms with Crippen molar-refractivity contribution in [1.29, 1.82) is 5.26 Å². The molecule has 0 amide bonds. The van der Waals surface area contributed by atoms with E-state index in [1.807, 2.05) is 71.4 Å². The van der Waals surface area contributed by atoms with Gasteiger partial charge in [-0.2, -0.15) is 5.26 Å². The smallest absolute Gasteiger partial charge is 0.136 e. The van der Waals surface area contributed by atoms with Gasteiger partial charge >= 0.3 is 0 Å². The Bertz CT molecular complexity index is 4120. The molecular weight excluding hydrogens is 1040 g/mol. The van der Waals surface area contributed by atoms with Gasteiger partial charge in [-0.1, -0.05) is 103 Å². The van der Waals surface area contributed by atoms with Gasteiger partial charge in [-0.15, -0.1) is 53.6 Å². The van der Waals surface area contributed by atoms with Gasteiger partial charge in [-0.3, -0.25) is 15.0 Å². The molecule has 0 atom stereocenters. The summed E-state index contributed by atoms with van der Waals surface area (Å²) in [5.74, 6) is 1.06. The van der Waals surface area contributed by atoms with Crippen molar-refractivity contribution < 1.29 is 38.5 Å². The second-order valence-corrected chi connectivity index (χ2v) is 19.3. The first-order chi connectivity index (χ1) is 36.0. The van der Waals surface area contributed by atoms with Crippen LogP contribution in [0.3, 0.4) is 0 Å². The molecule has 7 nitrogen and oxygen atoms in total. The SMILES string of the molecule is CC(C)(C)c1ccnc(-c2[c-]cccc2)n1.[2H]C([2H])([2H])c1c[c-]c(-c2nc3ccc4c(c3n2-c2c(C(C)C)cc(-c3ccccc3)cc2C(C)C)C([2H])([2H])CC4([2H])[2H])c2oc3cc4c(cc3c12)oc1cc(C#N)ccc14.[Ir]. The summed E-state index contributed by atoms with van der Waals surface area (Å²) in [6.45, 7) is 12.4. The number of benzene rings is 7. The number of rotatable bonds is 6. The zero-order valence-corrected chi connectivity index (χ0v) is 42.3. The van der Waals surface area contributed by atoms with Crippen LogP contribution in [0.25, 0.3) is 94.5 Å². The predicted molar refractivity (Wildman–Crippen MR) is 280 cm³/mol. The molecule has 0 spiro atoms. The summed E-state index contributed by atoms with van der Waals surface area (Å²) >= 11 is 0. The van der Waals surface area contributed by atoms with E-state index in [1.165, 1.54) is 6.07 Å². The van der Waals surface area contributed by atoms with E-state index in [2.05, 4.69) is 101 Å². The molecule has 0 N–H and O–H groups in total. The van der Waals surface area contributed by atoms with Crippen LogP contribution in [0.5, 0.6) is 0 Å². The van der Waals surface area contributed by atoms with Crippen LogP contribution in [0.15, 0.2) is 136 Å². The molecule has 0 saturated heterocycles. The number of furan rings is 2. The minimum Gasteiger partial charge on any atom is -0.501 e. The van der Waals surface area contributed by atoms with Gasteiger partial charge in [0.1, 0.15) is 16.7 Å². The Morgan fingerprint density at radius 3 is 2.23 bits per heavy atom. The van der Waals surface area contributed by atoms with E-state index in [0.717, 1.165) is 55.8 Å². The van der Waals surface area contributed by atoms with E-state index in [9.17, 15) is 8.00 Å². The monoisotopic (exact) mass is 1100 g/mol. The summed E-state index contributed by atoms with van der Waals surface area (Å²) in [5, 5.41) is 11.9. The van der Waals surface area contributed by atoms with E-state index < -0.39 is 19.6 Å². The van der Waals surface area contributed by atoms with Gasteiger partial charge in [0.25, 0.3) is 0 Å². The average molecular weight is 1100 g/mol. The predicted octanol–water partition coefficient (Wildman–Crippen LogP) is 16.1. The molecule has 7 aromatic carbocycles. The van der Waals surface area contributed by atoms with Crippen molar-refractivity contribution in [3.8, 4) is 45.7 Å². The number of imidazole rings is 1. The summed E-state index contributed by atoms with van der Waals surface area (Å²) in [7, 11) is 0. The van der Waals surface area contributed by atoms with Gasteiger partial charge in [0, 0.05) is 68.9 Å². The zero-order chi connectivity index (χ0) is 53.8. The average Bonchev–Trinajstić information content (AvgIpc) is 4.13. The summed E-state index contributed by atoms with van der Waals surface area (Å²) in [6, 6.07) is 46.5. The number of aryl methyl sites for hydroxylation is 3. The van der Waals surface area contributed by atoms with Crippen molar-refractivity contribution in [2.24, 2.45) is 0 Å². The van der Waals surface area contributed by atoms with E-state index in [-0.39, 0.29) is 66.1 Å². The number of nitrogens with zero attached hydrogens (tertiary/aromatic N) is 5. The second kappa shape index (κ2) is 18.3. The normalized spacial score (nSPS) is 15.6. The van der Waals surface area contributed by atoms with Crippen molar-refractivity contribution in [3.05, 3.63) is 179 Å². The van der Waals surface area contributed by atoms with Crippen LogP contribution in [0.1, 0.15) is 115 Å². The standard InChI is InChI=1S/C48H38N3O2.C14H15N2.Ir/c1-26(2)36-21-32(30-10-7-6-8-11-30)22-37(27(3)4)45(36)51-46-33-13-9-12-31(33)16-19-40(46)50-48(51)35-17-14-28(5)44-39-24-42-38(23-43(39)53-47(35)44)34-18-15-29(25-49)20-41(34)52-42;1-14(2,3)12-9-10-15-13(16-12)11-7-5-4-6-8-11;/h6-8,10-11,14-16,18-24,26-27H,9,12-13H2,1-5H3;4-7,9-10H,1-3H3;/q2*-1;/i5D3,12D2,13D2;;. The molecule has 8 heteroatoms. The molecule has 0 unspecified atom stereocenters. The summed E-state index contributed by atoms with van der Waals surface area (Å²) < 4.78 is 77.4. The maximum Gasteiger partial charge on any atom is 0.136 e. The number of hydrogen-bond acceptors (Lipinski definition) is 6. The van der Waals surface area contributed by atoms with Gasteiger partial charge in [0.05, 0.1) is 39.9 Å². The molecular formula is C62H53IrN5O2-2. The molecule has 1 aliphatic carbocycles. The van der Waals surface area contributed by atoms with Crippen LogP contribution >= 0.6 is 0 Å². The molecule has 349 valence electrons. The quantitative estimate of drug-likeness (QED) is 0.154. The Balaban J connectivity index is 0.000000339. The number of nitriles is 1. The Labute approximate surface area is 432 Å². The van der Waals surface area contributed by atoms with Gasteiger partial charge in [-0.05, 0) is 119 Å². The summed E-state index contributed by atoms with van der Waals surface area (Å²) in [6.07, 6.45) is -2.51. The van der Waals surface area contributed by atoms with Crippen molar-refractivity contribution in [2.75, 3.05) is 0 Å². The van der Waals surface area contributed by atoms with Crippen LogP contribution in [-0.2, 0) is 38.3 Å². The molecule has 4 aromatic heterocycles. The van der Waals surface area contributed by atoms with Crippen LogP contribution in [0.4, 0.5) is 0 Å². The minimum atomic E-state index is -2.56.